The van der Waals surface area contributed by atoms with Gasteiger partial charge in [-0.15, -0.1) is 11.3 Å². The first-order valence-electron chi connectivity index (χ1n) is 5.10. The number of carbonyl (C=O) groups is 1. The van der Waals surface area contributed by atoms with E-state index < -0.39 is 11.7 Å². The van der Waals surface area contributed by atoms with Gasteiger partial charge in [0.25, 0.3) is 0 Å². The number of halogens is 1. The van der Waals surface area contributed by atoms with E-state index in [9.17, 15) is 4.79 Å². The predicted octanol–water partition coefficient (Wildman–Crippen LogP) is 4.42. The number of aryl methyl sites for hydroxylation is 1. The summed E-state index contributed by atoms with van der Waals surface area (Å²) in [7, 11) is 0. The van der Waals surface area contributed by atoms with E-state index in [1.54, 1.807) is 0 Å². The van der Waals surface area contributed by atoms with E-state index in [1.807, 2.05) is 26.8 Å². The molecule has 16 heavy (non-hydrogen) atoms. The zero-order valence-corrected chi connectivity index (χ0v) is 12.3. The van der Waals surface area contributed by atoms with Crippen LogP contribution in [-0.2, 0) is 11.2 Å². The summed E-state index contributed by atoms with van der Waals surface area (Å²) >= 11 is 4.95. The maximum Gasteiger partial charge on any atom is 0.412 e. The number of thiophene rings is 1. The fourth-order valence-corrected chi connectivity index (χ4v) is 2.89. The topological polar surface area (TPSA) is 38.3 Å². The fraction of sp³-hybridized carbons (Fsp3) is 0.545. The third kappa shape index (κ3) is 4.14. The van der Waals surface area contributed by atoms with Crippen molar-refractivity contribution in [2.45, 2.75) is 39.7 Å². The highest BCUT2D eigenvalue weighted by Gasteiger charge is 2.17. The zero-order chi connectivity index (χ0) is 12.3. The van der Waals surface area contributed by atoms with Crippen molar-refractivity contribution in [1.29, 1.82) is 0 Å². The molecule has 5 heteroatoms. The van der Waals surface area contributed by atoms with Crippen molar-refractivity contribution in [3.8, 4) is 0 Å². The monoisotopic (exact) mass is 305 g/mol. The second kappa shape index (κ2) is 5.19. The summed E-state index contributed by atoms with van der Waals surface area (Å²) in [4.78, 5) is 11.5. The fourth-order valence-electron chi connectivity index (χ4n) is 1.11. The van der Waals surface area contributed by atoms with Crippen LogP contribution in [0.2, 0.25) is 0 Å². The normalized spacial score (nSPS) is 11.3. The molecule has 1 aromatic heterocycles. The molecule has 0 fully saturated rings. The molecule has 0 aromatic carbocycles. The van der Waals surface area contributed by atoms with Gasteiger partial charge in [0, 0.05) is 0 Å². The number of anilines is 1. The maximum absolute atomic E-state index is 11.5. The Morgan fingerprint density at radius 1 is 1.56 bits per heavy atom. The predicted molar refractivity (Wildman–Crippen MR) is 71.3 cm³/mol. The molecule has 0 aliphatic heterocycles. The van der Waals surface area contributed by atoms with Crippen LogP contribution in [0.1, 0.15) is 33.3 Å². The Labute approximate surface area is 108 Å². The summed E-state index contributed by atoms with van der Waals surface area (Å²) < 4.78 is 6.22. The van der Waals surface area contributed by atoms with Gasteiger partial charge in [0.2, 0.25) is 0 Å². The van der Waals surface area contributed by atoms with Crippen molar-refractivity contribution in [3.05, 3.63) is 15.4 Å². The van der Waals surface area contributed by atoms with Crippen LogP contribution in [0.5, 0.6) is 0 Å². The standard InChI is InChI=1S/C11H16BrNO2S/c1-5-7-6-8(16-9(7)12)13-10(14)15-11(2,3)4/h6H,5H2,1-4H3,(H,13,14). The maximum atomic E-state index is 11.5. The summed E-state index contributed by atoms with van der Waals surface area (Å²) in [5, 5.41) is 3.53. The van der Waals surface area contributed by atoms with Gasteiger partial charge < -0.3 is 4.74 Å². The van der Waals surface area contributed by atoms with Crippen molar-refractivity contribution < 1.29 is 9.53 Å². The van der Waals surface area contributed by atoms with Crippen molar-refractivity contribution in [3.63, 3.8) is 0 Å². The average molecular weight is 306 g/mol. The highest BCUT2D eigenvalue weighted by atomic mass is 79.9. The highest BCUT2D eigenvalue weighted by molar-refractivity contribution is 9.11. The molecule has 3 nitrogen and oxygen atoms in total. The van der Waals surface area contributed by atoms with Gasteiger partial charge in [0.05, 0.1) is 8.79 Å². The SMILES string of the molecule is CCc1cc(NC(=O)OC(C)(C)C)sc1Br. The molecule has 1 rings (SSSR count). The summed E-state index contributed by atoms with van der Waals surface area (Å²) in [6.07, 6.45) is 0.525. The third-order valence-corrected chi connectivity index (χ3v) is 3.64. The Balaban J connectivity index is 2.63. The number of rotatable bonds is 2. The molecule has 1 amide bonds. The molecule has 0 unspecified atom stereocenters. The molecule has 1 heterocycles. The largest absolute Gasteiger partial charge is 0.444 e. The summed E-state index contributed by atoms with van der Waals surface area (Å²) in [6, 6.07) is 1.96. The quantitative estimate of drug-likeness (QED) is 0.878. The van der Waals surface area contributed by atoms with Crippen molar-refractivity contribution in [2.75, 3.05) is 5.32 Å². The Kier molecular flexibility index (Phi) is 4.38. The number of amides is 1. The smallest absolute Gasteiger partial charge is 0.412 e. The minimum Gasteiger partial charge on any atom is -0.444 e. The molecule has 0 spiro atoms. The molecule has 0 saturated heterocycles. The highest BCUT2D eigenvalue weighted by Crippen LogP contribution is 2.32. The van der Waals surface area contributed by atoms with Crippen molar-refractivity contribution >= 4 is 38.4 Å². The Morgan fingerprint density at radius 3 is 2.62 bits per heavy atom. The van der Waals surface area contributed by atoms with E-state index in [0.29, 0.717) is 0 Å². The molecule has 0 aliphatic rings. The van der Waals surface area contributed by atoms with Crippen LogP contribution in [-0.4, -0.2) is 11.7 Å². The second-order valence-electron chi connectivity index (χ2n) is 4.39. The van der Waals surface area contributed by atoms with Gasteiger partial charge in [-0.3, -0.25) is 5.32 Å². The van der Waals surface area contributed by atoms with Gasteiger partial charge in [0.15, 0.2) is 0 Å². The molecule has 0 aliphatic carbocycles. The van der Waals surface area contributed by atoms with Crippen molar-refractivity contribution in [1.82, 2.24) is 0 Å². The van der Waals surface area contributed by atoms with E-state index in [0.717, 1.165) is 15.2 Å². The molecule has 0 saturated carbocycles. The average Bonchev–Trinajstić information content (AvgIpc) is 2.42. The second-order valence-corrected chi connectivity index (χ2v) is 6.76. The minimum atomic E-state index is -0.466. The first kappa shape index (κ1) is 13.5. The van der Waals surface area contributed by atoms with Gasteiger partial charge in [-0.25, -0.2) is 4.79 Å². The van der Waals surface area contributed by atoms with E-state index in [2.05, 4.69) is 28.2 Å². The molecule has 1 N–H and O–H groups in total. The lowest BCUT2D eigenvalue weighted by molar-refractivity contribution is 0.0636. The van der Waals surface area contributed by atoms with Gasteiger partial charge >= 0.3 is 6.09 Å². The molecule has 0 radical (unpaired) electrons. The number of carbonyl (C=O) groups excluding carboxylic acids is 1. The molecular formula is C11H16BrNO2S. The third-order valence-electron chi connectivity index (χ3n) is 1.76. The number of hydrogen-bond acceptors (Lipinski definition) is 3. The van der Waals surface area contributed by atoms with E-state index >= 15 is 0 Å². The lowest BCUT2D eigenvalue weighted by Crippen LogP contribution is -2.26. The molecule has 0 bridgehead atoms. The molecule has 1 aromatic rings. The van der Waals surface area contributed by atoms with Crippen LogP contribution in [0, 0.1) is 0 Å². The van der Waals surface area contributed by atoms with Crippen molar-refractivity contribution in [2.24, 2.45) is 0 Å². The Morgan fingerprint density at radius 2 is 2.19 bits per heavy atom. The van der Waals surface area contributed by atoms with E-state index in [4.69, 9.17) is 4.74 Å². The van der Waals surface area contributed by atoms with Gasteiger partial charge in [-0.1, -0.05) is 6.92 Å². The number of ether oxygens (including phenoxy) is 1. The summed E-state index contributed by atoms with van der Waals surface area (Å²) in [5.41, 5.74) is 0.725. The zero-order valence-electron chi connectivity index (χ0n) is 9.89. The lowest BCUT2D eigenvalue weighted by atomic mass is 10.2. The van der Waals surface area contributed by atoms with E-state index in [-0.39, 0.29) is 0 Å². The molecule has 0 atom stereocenters. The van der Waals surface area contributed by atoms with E-state index in [1.165, 1.54) is 16.9 Å². The Hall–Kier alpha value is -0.550. The summed E-state index contributed by atoms with van der Waals surface area (Å²) in [6.45, 7) is 7.60. The van der Waals surface area contributed by atoms with Crippen LogP contribution < -0.4 is 5.32 Å². The molecule has 90 valence electrons. The van der Waals surface area contributed by atoms with Crippen LogP contribution in [0.3, 0.4) is 0 Å². The van der Waals surface area contributed by atoms with Gasteiger partial charge in [-0.05, 0) is 54.8 Å². The number of hydrogen-bond donors (Lipinski definition) is 1. The Bertz CT molecular complexity index is 382. The lowest BCUT2D eigenvalue weighted by Gasteiger charge is -2.19. The van der Waals surface area contributed by atoms with Crippen LogP contribution in [0.15, 0.2) is 9.85 Å². The number of nitrogens with one attached hydrogen (secondary N) is 1. The molecular weight excluding hydrogens is 290 g/mol. The van der Waals surface area contributed by atoms with Crippen LogP contribution in [0.25, 0.3) is 0 Å². The van der Waals surface area contributed by atoms with Gasteiger partial charge in [0.1, 0.15) is 5.60 Å². The first-order valence-corrected chi connectivity index (χ1v) is 6.71. The van der Waals surface area contributed by atoms with Crippen LogP contribution >= 0.6 is 27.3 Å². The first-order chi connectivity index (χ1) is 7.31. The summed E-state index contributed by atoms with van der Waals surface area (Å²) in [5.74, 6) is 0. The van der Waals surface area contributed by atoms with Gasteiger partial charge in [-0.2, -0.15) is 0 Å². The van der Waals surface area contributed by atoms with Crippen LogP contribution in [0.4, 0.5) is 9.80 Å². The minimum absolute atomic E-state index is 0.413.